The molecule has 1 amide bonds. The summed E-state index contributed by atoms with van der Waals surface area (Å²) >= 11 is 3.47. The molecule has 2 rings (SSSR count). The summed E-state index contributed by atoms with van der Waals surface area (Å²) in [4.78, 5) is 12.4. The van der Waals surface area contributed by atoms with Gasteiger partial charge >= 0.3 is 0 Å². The average Bonchev–Trinajstić information content (AvgIpc) is 2.58. The molecular formula is C16H22BrNO. The summed E-state index contributed by atoms with van der Waals surface area (Å²) in [5, 5.41) is 3.22. The molecule has 19 heavy (non-hydrogen) atoms. The zero-order valence-electron chi connectivity index (χ0n) is 11.7. The lowest BCUT2D eigenvalue weighted by atomic mass is 9.96. The molecule has 0 radical (unpaired) electrons. The Bertz CT molecular complexity index is 458. The highest BCUT2D eigenvalue weighted by molar-refractivity contribution is 9.10. The molecule has 0 aromatic heterocycles. The third-order valence-corrected chi connectivity index (χ3v) is 4.74. The first-order valence-electron chi connectivity index (χ1n) is 7.15. The highest BCUT2D eigenvalue weighted by Gasteiger charge is 2.22. The first-order chi connectivity index (χ1) is 9.08. The van der Waals surface area contributed by atoms with Crippen LogP contribution in [-0.2, 0) is 0 Å². The molecule has 0 bridgehead atoms. The summed E-state index contributed by atoms with van der Waals surface area (Å²) in [5.74, 6) is 0.629. The standard InChI is InChI=1S/C16H22BrNO/c1-11-8-9-14(17)13(10-11)16(19)18-15-7-5-3-4-6-12(15)2/h8-10,12,15H,3-7H2,1-2H3,(H,18,19). The lowest BCUT2D eigenvalue weighted by Crippen LogP contribution is -2.39. The summed E-state index contributed by atoms with van der Waals surface area (Å²) in [6, 6.07) is 6.22. The molecule has 1 N–H and O–H groups in total. The number of carbonyl (C=O) groups is 1. The van der Waals surface area contributed by atoms with E-state index in [4.69, 9.17) is 0 Å². The summed E-state index contributed by atoms with van der Waals surface area (Å²) < 4.78 is 0.872. The van der Waals surface area contributed by atoms with Crippen molar-refractivity contribution in [2.24, 2.45) is 5.92 Å². The van der Waals surface area contributed by atoms with Crippen LogP contribution < -0.4 is 5.32 Å². The number of rotatable bonds is 2. The third-order valence-electron chi connectivity index (χ3n) is 4.04. The molecule has 0 saturated heterocycles. The van der Waals surface area contributed by atoms with E-state index in [2.05, 4.69) is 28.2 Å². The molecule has 2 atom stereocenters. The Hall–Kier alpha value is -0.830. The fraction of sp³-hybridized carbons (Fsp3) is 0.562. The van der Waals surface area contributed by atoms with Gasteiger partial charge in [0.2, 0.25) is 0 Å². The summed E-state index contributed by atoms with van der Waals surface area (Å²) in [5.41, 5.74) is 1.86. The van der Waals surface area contributed by atoms with Crippen molar-refractivity contribution >= 4 is 21.8 Å². The van der Waals surface area contributed by atoms with Gasteiger partial charge in [0.05, 0.1) is 5.56 Å². The molecule has 2 unspecified atom stereocenters. The van der Waals surface area contributed by atoms with E-state index in [1.54, 1.807) is 0 Å². The minimum absolute atomic E-state index is 0.0503. The average molecular weight is 324 g/mol. The van der Waals surface area contributed by atoms with E-state index in [0.717, 1.165) is 22.0 Å². The molecule has 2 nitrogen and oxygen atoms in total. The smallest absolute Gasteiger partial charge is 0.252 e. The predicted molar refractivity (Wildman–Crippen MR) is 82.4 cm³/mol. The molecule has 1 aliphatic carbocycles. The highest BCUT2D eigenvalue weighted by Crippen LogP contribution is 2.24. The van der Waals surface area contributed by atoms with Crippen molar-refractivity contribution in [3.8, 4) is 0 Å². The normalized spacial score (nSPS) is 23.7. The minimum atomic E-state index is 0.0503. The number of amides is 1. The van der Waals surface area contributed by atoms with Crippen LogP contribution in [0.3, 0.4) is 0 Å². The van der Waals surface area contributed by atoms with Gasteiger partial charge in [-0.05, 0) is 53.7 Å². The van der Waals surface area contributed by atoms with E-state index in [1.807, 2.05) is 25.1 Å². The summed E-state index contributed by atoms with van der Waals surface area (Å²) in [6.45, 7) is 4.26. The van der Waals surface area contributed by atoms with E-state index >= 15 is 0 Å². The largest absolute Gasteiger partial charge is 0.349 e. The molecule has 1 aliphatic rings. The molecule has 1 aromatic carbocycles. The predicted octanol–water partition coefficient (Wildman–Crippen LogP) is 4.46. The van der Waals surface area contributed by atoms with Gasteiger partial charge in [0.25, 0.3) is 5.91 Å². The second-order valence-corrected chi connectivity index (χ2v) is 6.53. The van der Waals surface area contributed by atoms with Crippen molar-refractivity contribution < 1.29 is 4.79 Å². The lowest BCUT2D eigenvalue weighted by molar-refractivity contribution is 0.0920. The second-order valence-electron chi connectivity index (χ2n) is 5.68. The van der Waals surface area contributed by atoms with Crippen LogP contribution in [0.25, 0.3) is 0 Å². The van der Waals surface area contributed by atoms with E-state index in [0.29, 0.717) is 12.0 Å². The quantitative estimate of drug-likeness (QED) is 0.800. The van der Waals surface area contributed by atoms with Gasteiger partial charge in [-0.3, -0.25) is 4.79 Å². The number of hydrogen-bond acceptors (Lipinski definition) is 1. The SMILES string of the molecule is Cc1ccc(Br)c(C(=O)NC2CCCCCC2C)c1. The van der Waals surface area contributed by atoms with Gasteiger partial charge in [-0.25, -0.2) is 0 Å². The van der Waals surface area contributed by atoms with Crippen molar-refractivity contribution in [3.05, 3.63) is 33.8 Å². The van der Waals surface area contributed by atoms with Crippen LogP contribution in [0, 0.1) is 12.8 Å². The second kappa shape index (κ2) is 6.56. The van der Waals surface area contributed by atoms with E-state index in [9.17, 15) is 4.79 Å². The number of carbonyl (C=O) groups excluding carboxylic acids is 1. The maximum atomic E-state index is 12.4. The topological polar surface area (TPSA) is 29.1 Å². The molecule has 104 valence electrons. The number of benzene rings is 1. The Morgan fingerprint density at radius 3 is 2.79 bits per heavy atom. The van der Waals surface area contributed by atoms with Crippen molar-refractivity contribution in [1.82, 2.24) is 5.32 Å². The van der Waals surface area contributed by atoms with Crippen molar-refractivity contribution in [2.75, 3.05) is 0 Å². The van der Waals surface area contributed by atoms with Crippen molar-refractivity contribution in [1.29, 1.82) is 0 Å². The van der Waals surface area contributed by atoms with Crippen LogP contribution in [0.2, 0.25) is 0 Å². The first kappa shape index (κ1) is 14.6. The Balaban J connectivity index is 2.09. The van der Waals surface area contributed by atoms with E-state index in [1.165, 1.54) is 25.7 Å². The molecule has 1 fully saturated rings. The fourth-order valence-corrected chi connectivity index (χ4v) is 3.19. The van der Waals surface area contributed by atoms with Crippen molar-refractivity contribution in [3.63, 3.8) is 0 Å². The summed E-state index contributed by atoms with van der Waals surface area (Å²) in [6.07, 6.45) is 6.15. The molecule has 0 spiro atoms. The fourth-order valence-electron chi connectivity index (χ4n) is 2.77. The molecular weight excluding hydrogens is 302 g/mol. The number of aryl methyl sites for hydroxylation is 1. The van der Waals surface area contributed by atoms with Gasteiger partial charge in [-0.15, -0.1) is 0 Å². The van der Waals surface area contributed by atoms with E-state index < -0.39 is 0 Å². The number of halogens is 1. The van der Waals surface area contributed by atoms with Crippen LogP contribution in [0.4, 0.5) is 0 Å². The van der Waals surface area contributed by atoms with Gasteiger partial charge < -0.3 is 5.32 Å². The Morgan fingerprint density at radius 1 is 1.26 bits per heavy atom. The molecule has 1 saturated carbocycles. The molecule has 1 aromatic rings. The molecule has 3 heteroatoms. The zero-order valence-corrected chi connectivity index (χ0v) is 13.3. The Morgan fingerprint density at radius 2 is 2.00 bits per heavy atom. The monoisotopic (exact) mass is 323 g/mol. The van der Waals surface area contributed by atoms with Gasteiger partial charge in [-0.1, -0.05) is 37.8 Å². The highest BCUT2D eigenvalue weighted by atomic mass is 79.9. The Kier molecular flexibility index (Phi) is 5.03. The number of hydrogen-bond donors (Lipinski definition) is 1. The Labute approximate surface area is 124 Å². The summed E-state index contributed by atoms with van der Waals surface area (Å²) in [7, 11) is 0. The molecule has 0 aliphatic heterocycles. The maximum Gasteiger partial charge on any atom is 0.252 e. The van der Waals surface area contributed by atoms with Crippen LogP contribution in [0.1, 0.15) is 54.9 Å². The zero-order chi connectivity index (χ0) is 13.8. The minimum Gasteiger partial charge on any atom is -0.349 e. The van der Waals surface area contributed by atoms with Crippen LogP contribution in [0.5, 0.6) is 0 Å². The van der Waals surface area contributed by atoms with Gasteiger partial charge in [0.1, 0.15) is 0 Å². The number of nitrogens with one attached hydrogen (secondary N) is 1. The third kappa shape index (κ3) is 3.82. The molecule has 0 heterocycles. The van der Waals surface area contributed by atoms with Gasteiger partial charge in [-0.2, -0.15) is 0 Å². The van der Waals surface area contributed by atoms with Crippen LogP contribution >= 0.6 is 15.9 Å². The van der Waals surface area contributed by atoms with E-state index in [-0.39, 0.29) is 5.91 Å². The van der Waals surface area contributed by atoms with Gasteiger partial charge in [0, 0.05) is 10.5 Å². The van der Waals surface area contributed by atoms with Crippen LogP contribution in [-0.4, -0.2) is 11.9 Å². The first-order valence-corrected chi connectivity index (χ1v) is 7.94. The lowest BCUT2D eigenvalue weighted by Gasteiger charge is -2.23. The maximum absolute atomic E-state index is 12.4. The van der Waals surface area contributed by atoms with Crippen molar-refractivity contribution in [2.45, 2.75) is 52.0 Å². The van der Waals surface area contributed by atoms with Crippen LogP contribution in [0.15, 0.2) is 22.7 Å². The van der Waals surface area contributed by atoms with Gasteiger partial charge in [0.15, 0.2) is 0 Å².